The first-order chi connectivity index (χ1) is 68.4. The lowest BCUT2D eigenvalue weighted by Gasteiger charge is -2.39. The summed E-state index contributed by atoms with van der Waals surface area (Å²) >= 11 is 0. The maximum Gasteiger partial charge on any atom is 0.410 e. The van der Waals surface area contributed by atoms with Crippen LogP contribution >= 0.6 is 0 Å². The molecule has 2 aliphatic carbocycles. The SMILES string of the molecule is CC(C)[C@@H]1OC(=O)C2(/C=C/c3ccc4ccc(nc4c3)[C@@H](C)NC(=O)[C@@H]3CCCN(N3)C(=O)[C@H](C)NC1=O)CCN(C(=O)OC(C)(C)C)CC2.CCCC(=O)OC1CCC2(/C=C/c3ccc4ccc(nc4c3)[C@@H](C)NC(=O)[C@@H]3CCCN(N3)C(=O)[C@H](C)NC(=O)[C@H](C(C)C)OC2=O)CC1.CN=C1CCC2(/C=C/c3ccc4ccc(nc4c3)[C@@H](C)NC(=O)[C@@H]3CCCN(N3)C(=O)[C@H](C)NC(=O)[C@H](C(C)C)OC2=O)CC1. The van der Waals surface area contributed by atoms with Gasteiger partial charge in [-0.3, -0.25) is 97.3 Å². The van der Waals surface area contributed by atoms with E-state index in [4.69, 9.17) is 38.6 Å². The summed E-state index contributed by atoms with van der Waals surface area (Å²) in [7, 11) is 1.77. The number of hydrogen-bond donors (Lipinski definition) is 9. The molecule has 15 bridgehead atoms. The van der Waals surface area contributed by atoms with Gasteiger partial charge in [-0.1, -0.05) is 140 Å². The van der Waals surface area contributed by atoms with Gasteiger partial charge < -0.3 is 60.5 Å². The second kappa shape index (κ2) is 47.3. The van der Waals surface area contributed by atoms with Crippen molar-refractivity contribution in [2.45, 2.75) is 311 Å². The van der Waals surface area contributed by atoms with Gasteiger partial charge >= 0.3 is 30.0 Å². The van der Waals surface area contributed by atoms with Crippen LogP contribution in [0.4, 0.5) is 4.79 Å². The van der Waals surface area contributed by atoms with Crippen LogP contribution < -0.4 is 48.2 Å². The van der Waals surface area contributed by atoms with Crippen LogP contribution in [0.25, 0.3) is 50.9 Å². The maximum absolute atomic E-state index is 14.2. The molecule has 10 heterocycles. The van der Waals surface area contributed by atoms with Crippen LogP contribution in [0, 0.1) is 34.0 Å². The Bertz CT molecular complexity index is 5900. The van der Waals surface area contributed by atoms with Gasteiger partial charge in [0.2, 0.25) is 17.7 Å². The zero-order chi connectivity index (χ0) is 104. The molecule has 36 nitrogen and oxygen atoms in total. The normalized spacial score (nSPS) is 28.2. The van der Waals surface area contributed by atoms with Gasteiger partial charge in [0.05, 0.1) is 68.0 Å². The third-order valence-corrected chi connectivity index (χ3v) is 28.3. The van der Waals surface area contributed by atoms with E-state index < -0.39 is 148 Å². The highest BCUT2D eigenvalue weighted by molar-refractivity contribution is 5.97. The number of ether oxygens (including phenoxy) is 5. The van der Waals surface area contributed by atoms with Crippen LogP contribution in [0.3, 0.4) is 0 Å². The Labute approximate surface area is 841 Å². The zero-order valence-electron chi connectivity index (χ0n) is 86.0. The molecule has 0 unspecified atom stereocenters. The standard InChI is InChI=1S/C37H50N6O7.C37H49N5O7.C34H44N6O5/c1-22(2)30-32(45)39-24(4)33(46)43-18-8-9-28(41-43)31(44)38-23(3)27-13-12-26-11-10-25(21-29(26)40-27)14-15-37(34(47)49-30)16-19-42(20-17-37)35(48)50-36(5,6)7;1-6-8-31(43)48-27-15-18-37(19-16-27)17-14-25-10-11-26-12-13-28(40-30(26)21-25)23(4)38-33(44)29-9-7-20-42(41-29)35(46)24(5)39-34(45)32(22(2)3)49-36(37)47;1-20(2)29-31(42)37-22(4)32(43)40-18-6-7-27(39-40)30(41)36-21(3)26-11-10-24-9-8-23(19-28(24)38-26)12-15-34(33(44)45-29)16-13-25(35-5)14-17-34/h10-15,21-24,28,30,41H,8-9,16-20H2,1-7H3,(H,38,44)(H,39,45);10-14,17,21-24,27,29,32,41H,6-9,15-16,18-20H2,1-5H3,(H,38,44)(H,39,45);8-12,15,19-22,27,29,39H,6-7,13-14,16-18H2,1-5H3,(H,36,41)(H,37,42)/b15-14+;17-14+;15-12+,35-25?/t23-,24+,28+,30+;23-,24+,27?,29+,32+,37?;21-,22+,27+,29+,34?/m111/s1. The van der Waals surface area contributed by atoms with Gasteiger partial charge in [0.1, 0.15) is 48.0 Å². The molecular weight excluding hydrogens is 1840 g/mol. The van der Waals surface area contributed by atoms with Crippen molar-refractivity contribution in [1.29, 1.82) is 0 Å². The van der Waals surface area contributed by atoms with Gasteiger partial charge in [0.15, 0.2) is 18.3 Å². The number of fused-ring (bicyclic) bond motifs is 12. The summed E-state index contributed by atoms with van der Waals surface area (Å²) in [5, 5.41) is 24.3. The van der Waals surface area contributed by atoms with E-state index in [0.717, 1.165) is 49.6 Å². The van der Waals surface area contributed by atoms with Crippen molar-refractivity contribution in [3.05, 3.63) is 143 Å². The first-order valence-electron chi connectivity index (χ1n) is 51.0. The lowest BCUT2D eigenvalue weighted by molar-refractivity contribution is -0.170. The quantitative estimate of drug-likeness (QED) is 0.0552. The summed E-state index contributed by atoms with van der Waals surface area (Å²) in [5.74, 6) is -6.61. The number of rotatable bonds is 6. The van der Waals surface area contributed by atoms with E-state index >= 15 is 0 Å². The fraction of sp³-hybridized carbons (Fsp3) is 0.556. The predicted molar refractivity (Wildman–Crippen MR) is 542 cm³/mol. The number of amides is 10. The fourth-order valence-corrected chi connectivity index (χ4v) is 19.4. The number of pyridine rings is 3. The first-order valence-corrected chi connectivity index (χ1v) is 51.0. The average Bonchev–Trinajstić information content (AvgIpc) is 0.810. The van der Waals surface area contributed by atoms with Crippen molar-refractivity contribution in [2.24, 2.45) is 39.0 Å². The fourth-order valence-electron chi connectivity index (χ4n) is 19.4. The molecule has 9 aliphatic rings. The smallest absolute Gasteiger partial charge is 0.410 e. The first kappa shape index (κ1) is 108. The number of carbonyl (C=O) groups excluding carboxylic acids is 14. The van der Waals surface area contributed by atoms with Gasteiger partial charge in [-0.15, -0.1) is 0 Å². The molecule has 4 saturated heterocycles. The monoisotopic (exact) mass is 1980 g/mol. The lowest BCUT2D eigenvalue weighted by atomic mass is 9.72. The summed E-state index contributed by atoms with van der Waals surface area (Å²) in [6.07, 6.45) is 15.9. The number of piperidine rings is 1. The van der Waals surface area contributed by atoms with Gasteiger partial charge in [-0.2, -0.15) is 0 Å². The maximum atomic E-state index is 14.2. The molecule has 36 heteroatoms. The molecule has 774 valence electrons. The number of hydrogen-bond acceptors (Lipinski definition) is 26. The van der Waals surface area contributed by atoms with Gasteiger partial charge in [0, 0.05) is 68.1 Å². The Kier molecular flexibility index (Phi) is 35.5. The van der Waals surface area contributed by atoms with Crippen LogP contribution in [0.5, 0.6) is 0 Å². The van der Waals surface area contributed by atoms with Crippen LogP contribution in [0.1, 0.15) is 278 Å². The van der Waals surface area contributed by atoms with E-state index in [0.29, 0.717) is 145 Å². The average molecular weight is 1980 g/mol. The number of benzene rings is 3. The van der Waals surface area contributed by atoms with Crippen LogP contribution in [0.15, 0.2) is 114 Å². The molecule has 6 fully saturated rings. The topological polar surface area (TPSA) is 457 Å². The highest BCUT2D eigenvalue weighted by Crippen LogP contribution is 2.44. The van der Waals surface area contributed by atoms with Gasteiger partial charge in [-0.05, 0) is 242 Å². The number of nitrogens with zero attached hydrogens (tertiary/aromatic N) is 8. The van der Waals surface area contributed by atoms with E-state index in [-0.39, 0.29) is 79.5 Å². The number of aromatic nitrogens is 3. The van der Waals surface area contributed by atoms with Crippen LogP contribution in [-0.4, -0.2) is 230 Å². The second-order valence-electron chi connectivity index (χ2n) is 41.8. The van der Waals surface area contributed by atoms with E-state index in [9.17, 15) is 67.1 Å². The molecule has 6 aromatic rings. The van der Waals surface area contributed by atoms with Crippen molar-refractivity contribution < 1.29 is 90.8 Å². The number of aliphatic imine (C=N–C) groups is 1. The summed E-state index contributed by atoms with van der Waals surface area (Å²) in [5.41, 5.74) is 13.1. The molecule has 15 rings (SSSR count). The van der Waals surface area contributed by atoms with Crippen molar-refractivity contribution in [3.63, 3.8) is 0 Å². The number of carbonyl (C=O) groups is 14. The second-order valence-corrected chi connectivity index (χ2v) is 41.8. The van der Waals surface area contributed by atoms with E-state index in [2.05, 4.69) is 53.2 Å². The highest BCUT2D eigenvalue weighted by atomic mass is 16.6. The molecule has 0 radical (unpaired) electrons. The van der Waals surface area contributed by atoms with Crippen molar-refractivity contribution in [2.75, 3.05) is 39.8 Å². The summed E-state index contributed by atoms with van der Waals surface area (Å²) in [6, 6.07) is 23.2. The highest BCUT2D eigenvalue weighted by Gasteiger charge is 2.49. The summed E-state index contributed by atoms with van der Waals surface area (Å²) in [6.45, 7) is 30.0. The van der Waals surface area contributed by atoms with Gasteiger partial charge in [-0.25, -0.2) is 21.1 Å². The minimum absolute atomic E-state index is 0.234. The summed E-state index contributed by atoms with van der Waals surface area (Å²) < 4.78 is 29.3. The number of esters is 4. The molecule has 12 atom stereocenters. The number of nitrogens with one attached hydrogen (secondary N) is 9. The molecule has 9 N–H and O–H groups in total. The van der Waals surface area contributed by atoms with Crippen molar-refractivity contribution >= 4 is 140 Å². The molecule has 10 amide bonds. The van der Waals surface area contributed by atoms with E-state index in [1.165, 1.54) is 15.0 Å². The van der Waals surface area contributed by atoms with Crippen LogP contribution in [-0.2, 0) is 86.0 Å². The molecule has 7 aliphatic heterocycles. The third-order valence-electron chi connectivity index (χ3n) is 28.3. The largest absolute Gasteiger partial charge is 0.462 e. The molecule has 3 aromatic heterocycles. The predicted octanol–water partition coefficient (Wildman–Crippen LogP) is 11.9. The lowest BCUT2D eigenvalue weighted by Crippen LogP contribution is -2.61. The number of cyclic esters (lactones) is 3. The molecule has 144 heavy (non-hydrogen) atoms. The Morgan fingerprint density at radius 1 is 0.424 bits per heavy atom. The van der Waals surface area contributed by atoms with Crippen molar-refractivity contribution in [1.82, 2.24) is 83.1 Å². The Morgan fingerprint density at radius 2 is 0.736 bits per heavy atom. The Hall–Kier alpha value is -13.0. The molecular formula is C108H143N17O19. The van der Waals surface area contributed by atoms with Crippen molar-refractivity contribution in [3.8, 4) is 0 Å². The third kappa shape index (κ3) is 26.8. The van der Waals surface area contributed by atoms with E-state index in [1.54, 1.807) is 87.3 Å². The van der Waals surface area contributed by atoms with Crippen LogP contribution in [0.2, 0.25) is 0 Å². The zero-order valence-corrected chi connectivity index (χ0v) is 86.0. The van der Waals surface area contributed by atoms with Gasteiger partial charge in [0.25, 0.3) is 35.4 Å². The number of likely N-dealkylation sites (tertiary alicyclic amines) is 1. The molecule has 3 spiro atoms. The molecule has 2 saturated carbocycles. The minimum atomic E-state index is -1.18. The molecule has 3 aromatic carbocycles. The Morgan fingerprint density at radius 3 is 1.05 bits per heavy atom. The Balaban J connectivity index is 0.000000181. The van der Waals surface area contributed by atoms with E-state index in [1.807, 2.05) is 163 Å². The summed E-state index contributed by atoms with van der Waals surface area (Å²) in [4.78, 5) is 209. The minimum Gasteiger partial charge on any atom is -0.462 e. The number of hydrazine groups is 3.